The molecule has 2 heterocycles. The van der Waals surface area contributed by atoms with Crippen LogP contribution in [-0.4, -0.2) is 56.8 Å². The third-order valence-electron chi connectivity index (χ3n) is 4.95. The molecule has 0 saturated carbocycles. The van der Waals surface area contributed by atoms with E-state index in [1.165, 1.54) is 28.6 Å². The van der Waals surface area contributed by atoms with Gasteiger partial charge in [-0.1, -0.05) is 0 Å². The molecule has 25 heavy (non-hydrogen) atoms. The number of carbonyl (C=O) groups excluding carboxylic acids is 1. The summed E-state index contributed by atoms with van der Waals surface area (Å²) in [4.78, 5) is 14.2. The summed E-state index contributed by atoms with van der Waals surface area (Å²) in [5.74, 6) is -0.104. The molecule has 0 radical (unpaired) electrons. The van der Waals surface area contributed by atoms with E-state index in [-0.39, 0.29) is 29.6 Å². The lowest BCUT2D eigenvalue weighted by Gasteiger charge is -2.37. The van der Waals surface area contributed by atoms with Crippen LogP contribution in [-0.2, 0) is 14.8 Å². The van der Waals surface area contributed by atoms with Gasteiger partial charge in [0.05, 0.1) is 10.3 Å². The number of benzene rings is 1. The Hall–Kier alpha value is -1.74. The van der Waals surface area contributed by atoms with Crippen molar-refractivity contribution in [3.05, 3.63) is 24.3 Å². The molecule has 138 valence electrons. The number of amides is 1. The molecule has 1 aromatic rings. The van der Waals surface area contributed by atoms with Crippen molar-refractivity contribution >= 4 is 15.9 Å². The molecule has 1 amide bonds. The van der Waals surface area contributed by atoms with Gasteiger partial charge in [0.1, 0.15) is 5.75 Å². The molecule has 2 fully saturated rings. The predicted molar refractivity (Wildman–Crippen MR) is 85.8 cm³/mol. The van der Waals surface area contributed by atoms with Crippen LogP contribution in [0.1, 0.15) is 19.3 Å². The highest BCUT2D eigenvalue weighted by Gasteiger charge is 2.50. The second-order valence-corrected chi connectivity index (χ2v) is 8.49. The summed E-state index contributed by atoms with van der Waals surface area (Å²) < 4.78 is 55.5. The Morgan fingerprint density at radius 1 is 1.16 bits per heavy atom. The molecule has 9 heteroatoms. The standard InChI is InChI=1S/C16H20F2N2O4S/c1-19-9-2-7-16(14(19)21)8-10-20(11-16)25(22,23)13-5-3-12(4-6-13)24-15(17)18/h3-6,15H,2,7-11H2,1H3. The number of alkyl halides is 2. The first kappa shape index (κ1) is 18.1. The van der Waals surface area contributed by atoms with Gasteiger partial charge in [0.15, 0.2) is 0 Å². The van der Waals surface area contributed by atoms with Crippen LogP contribution in [0, 0.1) is 5.41 Å². The average molecular weight is 374 g/mol. The molecule has 2 saturated heterocycles. The van der Waals surface area contributed by atoms with E-state index in [4.69, 9.17) is 0 Å². The summed E-state index contributed by atoms with van der Waals surface area (Å²) in [7, 11) is -2.04. The Morgan fingerprint density at radius 3 is 2.48 bits per heavy atom. The molecular weight excluding hydrogens is 354 g/mol. The van der Waals surface area contributed by atoms with Crippen LogP contribution < -0.4 is 4.74 Å². The Morgan fingerprint density at radius 2 is 1.84 bits per heavy atom. The lowest BCUT2D eigenvalue weighted by Crippen LogP contribution is -2.48. The highest BCUT2D eigenvalue weighted by Crippen LogP contribution is 2.41. The van der Waals surface area contributed by atoms with Crippen molar-refractivity contribution < 1.29 is 26.7 Å². The molecular formula is C16H20F2N2O4S. The molecule has 2 aliphatic heterocycles. The monoisotopic (exact) mass is 374 g/mol. The van der Waals surface area contributed by atoms with E-state index in [1.807, 2.05) is 0 Å². The van der Waals surface area contributed by atoms with Gasteiger partial charge < -0.3 is 9.64 Å². The Bertz CT molecular complexity index is 754. The van der Waals surface area contributed by atoms with Gasteiger partial charge in [0.2, 0.25) is 15.9 Å². The maximum Gasteiger partial charge on any atom is 0.387 e. The Labute approximate surface area is 145 Å². The van der Waals surface area contributed by atoms with E-state index < -0.39 is 22.0 Å². The maximum atomic E-state index is 12.8. The predicted octanol–water partition coefficient (Wildman–Crippen LogP) is 1.92. The van der Waals surface area contributed by atoms with Gasteiger partial charge in [-0.2, -0.15) is 13.1 Å². The number of carbonyl (C=O) groups is 1. The Balaban J connectivity index is 1.78. The molecule has 0 bridgehead atoms. The summed E-state index contributed by atoms with van der Waals surface area (Å²) in [5, 5.41) is 0. The van der Waals surface area contributed by atoms with Crippen LogP contribution in [0.4, 0.5) is 8.78 Å². The van der Waals surface area contributed by atoms with E-state index in [9.17, 15) is 22.0 Å². The second-order valence-electron chi connectivity index (χ2n) is 6.55. The third-order valence-corrected chi connectivity index (χ3v) is 6.81. The van der Waals surface area contributed by atoms with Gasteiger partial charge in [-0.25, -0.2) is 8.42 Å². The van der Waals surface area contributed by atoms with Crippen molar-refractivity contribution in [2.45, 2.75) is 30.8 Å². The van der Waals surface area contributed by atoms with E-state index in [2.05, 4.69) is 4.74 Å². The number of hydrogen-bond acceptors (Lipinski definition) is 4. The molecule has 0 N–H and O–H groups in total. The van der Waals surface area contributed by atoms with Gasteiger partial charge in [0.25, 0.3) is 0 Å². The van der Waals surface area contributed by atoms with Gasteiger partial charge in [0, 0.05) is 26.7 Å². The number of ether oxygens (including phenoxy) is 1. The fourth-order valence-electron chi connectivity index (χ4n) is 3.63. The molecule has 1 unspecified atom stereocenters. The van der Waals surface area contributed by atoms with Crippen LogP contribution in [0.5, 0.6) is 5.75 Å². The summed E-state index contributed by atoms with van der Waals surface area (Å²) in [6, 6.07) is 4.88. The third kappa shape index (κ3) is 3.35. The number of hydrogen-bond donors (Lipinski definition) is 0. The van der Waals surface area contributed by atoms with Crippen molar-refractivity contribution in [3.63, 3.8) is 0 Å². The Kier molecular flexibility index (Phi) is 4.72. The summed E-state index contributed by atoms with van der Waals surface area (Å²) in [6.45, 7) is -1.83. The van der Waals surface area contributed by atoms with Crippen LogP contribution in [0.25, 0.3) is 0 Å². The van der Waals surface area contributed by atoms with E-state index in [0.29, 0.717) is 19.4 Å². The van der Waals surface area contributed by atoms with Crippen LogP contribution in [0.3, 0.4) is 0 Å². The highest BCUT2D eigenvalue weighted by molar-refractivity contribution is 7.89. The van der Waals surface area contributed by atoms with E-state index in [0.717, 1.165) is 6.42 Å². The fourth-order valence-corrected chi connectivity index (χ4v) is 5.16. The number of rotatable bonds is 4. The van der Waals surface area contributed by atoms with Crippen molar-refractivity contribution in [1.29, 1.82) is 0 Å². The smallest absolute Gasteiger partial charge is 0.387 e. The maximum absolute atomic E-state index is 12.8. The van der Waals surface area contributed by atoms with Gasteiger partial charge >= 0.3 is 6.61 Å². The van der Waals surface area contributed by atoms with Crippen LogP contribution in [0.15, 0.2) is 29.2 Å². The first-order valence-electron chi connectivity index (χ1n) is 8.05. The van der Waals surface area contributed by atoms with Crippen molar-refractivity contribution in [2.75, 3.05) is 26.7 Å². The highest BCUT2D eigenvalue weighted by atomic mass is 32.2. The first-order chi connectivity index (χ1) is 11.7. The molecule has 1 spiro atoms. The lowest BCUT2D eigenvalue weighted by atomic mass is 9.78. The number of likely N-dealkylation sites (tertiary alicyclic amines) is 1. The van der Waals surface area contributed by atoms with Crippen LogP contribution >= 0.6 is 0 Å². The largest absolute Gasteiger partial charge is 0.435 e. The van der Waals surface area contributed by atoms with Crippen molar-refractivity contribution in [1.82, 2.24) is 9.21 Å². The van der Waals surface area contributed by atoms with Gasteiger partial charge in [-0.3, -0.25) is 4.79 Å². The summed E-state index contributed by atoms with van der Waals surface area (Å²) in [5.41, 5.74) is -0.640. The SMILES string of the molecule is CN1CCCC2(CCN(S(=O)(=O)c3ccc(OC(F)F)cc3)C2)C1=O. The molecule has 6 nitrogen and oxygen atoms in total. The van der Waals surface area contributed by atoms with Crippen molar-refractivity contribution in [2.24, 2.45) is 5.41 Å². The normalized spacial score (nSPS) is 25.1. The minimum atomic E-state index is -3.78. The minimum Gasteiger partial charge on any atom is -0.435 e. The minimum absolute atomic E-state index is 0.00257. The molecule has 0 aromatic heterocycles. The molecule has 1 aromatic carbocycles. The number of halogens is 2. The van der Waals surface area contributed by atoms with Crippen LogP contribution in [0.2, 0.25) is 0 Å². The summed E-state index contributed by atoms with van der Waals surface area (Å²) >= 11 is 0. The zero-order chi connectivity index (χ0) is 18.2. The molecule has 0 aliphatic carbocycles. The van der Waals surface area contributed by atoms with Gasteiger partial charge in [-0.15, -0.1) is 0 Å². The quantitative estimate of drug-likeness (QED) is 0.808. The number of sulfonamides is 1. The first-order valence-corrected chi connectivity index (χ1v) is 9.49. The summed E-state index contributed by atoms with van der Waals surface area (Å²) in [6.07, 6.45) is 2.04. The van der Waals surface area contributed by atoms with Crippen molar-refractivity contribution in [3.8, 4) is 5.75 Å². The zero-order valence-electron chi connectivity index (χ0n) is 13.8. The molecule has 3 rings (SSSR count). The number of nitrogens with zero attached hydrogens (tertiary/aromatic N) is 2. The average Bonchev–Trinajstić information content (AvgIpc) is 2.99. The molecule has 1 atom stereocenters. The second kappa shape index (κ2) is 6.53. The zero-order valence-corrected chi connectivity index (χ0v) is 14.6. The lowest BCUT2D eigenvalue weighted by molar-refractivity contribution is -0.143. The molecule has 2 aliphatic rings. The number of piperidine rings is 1. The van der Waals surface area contributed by atoms with E-state index >= 15 is 0 Å². The fraction of sp³-hybridized carbons (Fsp3) is 0.562. The topological polar surface area (TPSA) is 66.9 Å². The van der Waals surface area contributed by atoms with Gasteiger partial charge in [-0.05, 0) is 43.5 Å². The van der Waals surface area contributed by atoms with E-state index in [1.54, 1.807) is 11.9 Å².